The number of amides is 1. The van der Waals surface area contributed by atoms with Gasteiger partial charge in [-0.15, -0.1) is 0 Å². The highest BCUT2D eigenvalue weighted by Crippen LogP contribution is 2.26. The lowest BCUT2D eigenvalue weighted by Crippen LogP contribution is -2.22. The molecule has 126 valence electrons. The van der Waals surface area contributed by atoms with E-state index in [1.165, 1.54) is 6.07 Å². The minimum absolute atomic E-state index is 0.0386. The average molecular weight is 354 g/mol. The van der Waals surface area contributed by atoms with Gasteiger partial charge in [-0.3, -0.25) is 9.59 Å². The van der Waals surface area contributed by atoms with Crippen molar-refractivity contribution in [2.75, 3.05) is 5.32 Å². The summed E-state index contributed by atoms with van der Waals surface area (Å²) in [7, 11) is 0. The van der Waals surface area contributed by atoms with Gasteiger partial charge in [0.25, 0.3) is 5.91 Å². The largest absolute Gasteiger partial charge is 0.460 e. The van der Waals surface area contributed by atoms with Crippen molar-refractivity contribution in [2.45, 2.75) is 13.3 Å². The van der Waals surface area contributed by atoms with E-state index >= 15 is 0 Å². The van der Waals surface area contributed by atoms with Crippen LogP contribution in [0.4, 0.5) is 5.69 Å². The Morgan fingerprint density at radius 2 is 1.84 bits per heavy atom. The standard InChI is InChI=1S/C20H16ClNO3/c1-2-16-12-17(23)18(20(24)22-15-9-4-3-5-10-15)19(25-16)13-7-6-8-14(21)11-13/h3-12H,2H2,1H3,(H,22,24). The van der Waals surface area contributed by atoms with E-state index in [4.69, 9.17) is 16.0 Å². The number of anilines is 1. The maximum absolute atomic E-state index is 12.7. The van der Waals surface area contributed by atoms with Crippen LogP contribution in [0.2, 0.25) is 5.02 Å². The molecule has 1 aromatic heterocycles. The van der Waals surface area contributed by atoms with Gasteiger partial charge in [-0.2, -0.15) is 0 Å². The van der Waals surface area contributed by atoms with Crippen LogP contribution in [0.3, 0.4) is 0 Å². The molecule has 0 saturated carbocycles. The number of nitrogens with one attached hydrogen (secondary N) is 1. The lowest BCUT2D eigenvalue weighted by molar-refractivity contribution is 0.102. The second kappa shape index (κ2) is 7.36. The third kappa shape index (κ3) is 3.80. The molecule has 0 spiro atoms. The zero-order chi connectivity index (χ0) is 17.8. The Hall–Kier alpha value is -2.85. The SMILES string of the molecule is CCc1cc(=O)c(C(=O)Nc2ccccc2)c(-c2cccc(Cl)c2)o1. The number of hydrogen-bond acceptors (Lipinski definition) is 3. The van der Waals surface area contributed by atoms with Crippen LogP contribution in [0.15, 0.2) is 69.9 Å². The molecule has 0 fully saturated rings. The normalized spacial score (nSPS) is 10.5. The van der Waals surface area contributed by atoms with E-state index in [-0.39, 0.29) is 16.8 Å². The highest BCUT2D eigenvalue weighted by Gasteiger charge is 2.21. The summed E-state index contributed by atoms with van der Waals surface area (Å²) in [6.45, 7) is 1.88. The first-order valence-electron chi connectivity index (χ1n) is 7.88. The van der Waals surface area contributed by atoms with Crippen LogP contribution in [0.25, 0.3) is 11.3 Å². The molecule has 0 aliphatic rings. The highest BCUT2D eigenvalue weighted by atomic mass is 35.5. The number of aryl methyl sites for hydroxylation is 1. The van der Waals surface area contributed by atoms with E-state index in [2.05, 4.69) is 5.32 Å². The summed E-state index contributed by atoms with van der Waals surface area (Å²) in [6.07, 6.45) is 0.545. The summed E-state index contributed by atoms with van der Waals surface area (Å²) in [5.74, 6) is 0.217. The highest BCUT2D eigenvalue weighted by molar-refractivity contribution is 6.30. The van der Waals surface area contributed by atoms with Gasteiger partial charge in [0.05, 0.1) is 0 Å². The average Bonchev–Trinajstić information content (AvgIpc) is 2.61. The maximum Gasteiger partial charge on any atom is 0.263 e. The molecule has 4 nitrogen and oxygen atoms in total. The lowest BCUT2D eigenvalue weighted by atomic mass is 10.1. The predicted octanol–water partition coefficient (Wildman–Crippen LogP) is 4.77. The van der Waals surface area contributed by atoms with Gasteiger partial charge in [0.15, 0.2) is 11.2 Å². The summed E-state index contributed by atoms with van der Waals surface area (Å²) < 4.78 is 5.82. The molecule has 5 heteroatoms. The molecule has 0 radical (unpaired) electrons. The molecule has 0 unspecified atom stereocenters. The summed E-state index contributed by atoms with van der Waals surface area (Å²) in [5.41, 5.74) is 0.761. The molecule has 2 aromatic carbocycles. The number of benzene rings is 2. The minimum Gasteiger partial charge on any atom is -0.460 e. The first-order valence-corrected chi connectivity index (χ1v) is 8.25. The lowest BCUT2D eigenvalue weighted by Gasteiger charge is -2.11. The Bertz CT molecular complexity index is 964. The first-order chi connectivity index (χ1) is 12.1. The van der Waals surface area contributed by atoms with Crippen molar-refractivity contribution >= 4 is 23.2 Å². The minimum atomic E-state index is -0.516. The van der Waals surface area contributed by atoms with Crippen LogP contribution in [0, 0.1) is 0 Å². The number of carbonyl (C=O) groups excluding carboxylic acids is 1. The number of hydrogen-bond donors (Lipinski definition) is 1. The summed E-state index contributed by atoms with van der Waals surface area (Å²) in [6, 6.07) is 17.2. The van der Waals surface area contributed by atoms with Crippen molar-refractivity contribution in [3.63, 3.8) is 0 Å². The third-order valence-corrected chi connectivity index (χ3v) is 3.93. The zero-order valence-electron chi connectivity index (χ0n) is 13.6. The van der Waals surface area contributed by atoms with Crippen molar-refractivity contribution in [2.24, 2.45) is 0 Å². The van der Waals surface area contributed by atoms with E-state index in [0.717, 1.165) is 0 Å². The van der Waals surface area contributed by atoms with Gasteiger partial charge in [0.2, 0.25) is 0 Å². The van der Waals surface area contributed by atoms with Crippen molar-refractivity contribution in [1.82, 2.24) is 0 Å². The third-order valence-electron chi connectivity index (χ3n) is 3.69. The van der Waals surface area contributed by atoms with E-state index < -0.39 is 5.91 Å². The molecular formula is C20H16ClNO3. The van der Waals surface area contributed by atoms with Gasteiger partial charge in [-0.1, -0.05) is 48.9 Å². The monoisotopic (exact) mass is 353 g/mol. The summed E-state index contributed by atoms with van der Waals surface area (Å²) in [5, 5.41) is 3.23. The van der Waals surface area contributed by atoms with Gasteiger partial charge >= 0.3 is 0 Å². The second-order valence-corrected chi connectivity index (χ2v) is 5.90. The Kier molecular flexibility index (Phi) is 5.00. The number of para-hydroxylation sites is 1. The summed E-state index contributed by atoms with van der Waals surface area (Å²) >= 11 is 6.05. The van der Waals surface area contributed by atoms with Crippen molar-refractivity contribution in [1.29, 1.82) is 0 Å². The molecule has 0 saturated heterocycles. The molecule has 0 atom stereocenters. The van der Waals surface area contributed by atoms with Crippen LogP contribution in [-0.2, 0) is 6.42 Å². The van der Waals surface area contributed by atoms with Crippen LogP contribution in [0.1, 0.15) is 23.0 Å². The van der Waals surface area contributed by atoms with Crippen LogP contribution in [0.5, 0.6) is 0 Å². The van der Waals surface area contributed by atoms with Crippen molar-refractivity contribution in [3.05, 3.63) is 87.2 Å². The van der Waals surface area contributed by atoms with Crippen LogP contribution >= 0.6 is 11.6 Å². The van der Waals surface area contributed by atoms with Gasteiger partial charge < -0.3 is 9.73 Å². The van der Waals surface area contributed by atoms with Gasteiger partial charge in [-0.05, 0) is 24.3 Å². The van der Waals surface area contributed by atoms with Crippen molar-refractivity contribution in [3.8, 4) is 11.3 Å². The maximum atomic E-state index is 12.7. The number of carbonyl (C=O) groups is 1. The molecule has 25 heavy (non-hydrogen) atoms. The Morgan fingerprint density at radius 3 is 2.52 bits per heavy atom. The van der Waals surface area contributed by atoms with Crippen LogP contribution in [-0.4, -0.2) is 5.91 Å². The van der Waals surface area contributed by atoms with Crippen LogP contribution < -0.4 is 10.7 Å². The summed E-state index contributed by atoms with van der Waals surface area (Å²) in [4.78, 5) is 25.3. The second-order valence-electron chi connectivity index (χ2n) is 5.47. The predicted molar refractivity (Wildman–Crippen MR) is 99.2 cm³/mol. The fraction of sp³-hybridized carbons (Fsp3) is 0.100. The zero-order valence-corrected chi connectivity index (χ0v) is 14.3. The smallest absolute Gasteiger partial charge is 0.263 e. The van der Waals surface area contributed by atoms with E-state index in [1.54, 1.807) is 48.5 Å². The quantitative estimate of drug-likeness (QED) is 0.734. The van der Waals surface area contributed by atoms with Crippen molar-refractivity contribution < 1.29 is 9.21 Å². The molecule has 3 aromatic rings. The molecule has 0 bridgehead atoms. The molecule has 1 heterocycles. The Labute approximate surface area is 150 Å². The van der Waals surface area contributed by atoms with E-state index in [9.17, 15) is 9.59 Å². The molecular weight excluding hydrogens is 338 g/mol. The molecule has 1 amide bonds. The topological polar surface area (TPSA) is 59.3 Å². The number of rotatable bonds is 4. The Morgan fingerprint density at radius 1 is 1.08 bits per heavy atom. The molecule has 0 aliphatic carbocycles. The number of halogens is 1. The van der Waals surface area contributed by atoms with Gasteiger partial charge in [0.1, 0.15) is 11.3 Å². The first kappa shape index (κ1) is 17.0. The van der Waals surface area contributed by atoms with E-state index in [1.807, 2.05) is 13.0 Å². The molecule has 1 N–H and O–H groups in total. The van der Waals surface area contributed by atoms with Gasteiger partial charge in [-0.25, -0.2) is 0 Å². The fourth-order valence-corrected chi connectivity index (χ4v) is 2.67. The fourth-order valence-electron chi connectivity index (χ4n) is 2.48. The van der Waals surface area contributed by atoms with E-state index in [0.29, 0.717) is 28.5 Å². The van der Waals surface area contributed by atoms with Gasteiger partial charge in [0, 0.05) is 28.8 Å². The Balaban J connectivity index is 2.12. The molecule has 0 aliphatic heterocycles. The molecule has 3 rings (SSSR count).